The van der Waals surface area contributed by atoms with Crippen molar-refractivity contribution in [2.45, 2.75) is 45.6 Å². The minimum atomic E-state index is 0.159. The van der Waals surface area contributed by atoms with Crippen LogP contribution in [0.1, 0.15) is 40.0 Å². The van der Waals surface area contributed by atoms with Gasteiger partial charge in [0.05, 0.1) is 0 Å². The number of hydrogen-bond acceptors (Lipinski definition) is 3. The molecule has 102 valence electrons. The molecule has 0 atom stereocenters. The van der Waals surface area contributed by atoms with Gasteiger partial charge in [-0.05, 0) is 37.5 Å². The van der Waals surface area contributed by atoms with Gasteiger partial charge in [0.15, 0.2) is 0 Å². The second-order valence-corrected chi connectivity index (χ2v) is 5.09. The van der Waals surface area contributed by atoms with Crippen molar-refractivity contribution in [2.24, 2.45) is 0 Å². The van der Waals surface area contributed by atoms with Crippen molar-refractivity contribution in [3.05, 3.63) is 30.6 Å². The van der Waals surface area contributed by atoms with Crippen molar-refractivity contribution >= 4 is 22.1 Å². The molecule has 0 bridgehead atoms. The average molecular weight is 257 g/mol. The molecule has 0 spiro atoms. The lowest BCUT2D eigenvalue weighted by molar-refractivity contribution is 0.421. The standard InChI is InChI=1S/C16H23N3/c1-4-16(5-2,6-3)19-15-8-7-14(17)13-11-18-10-9-12(13)15/h7-11,19H,4-6,17H2,1-3H3. The predicted molar refractivity (Wildman–Crippen MR) is 83.4 cm³/mol. The molecule has 0 aliphatic rings. The van der Waals surface area contributed by atoms with E-state index in [2.05, 4.69) is 37.1 Å². The molecule has 0 radical (unpaired) electrons. The van der Waals surface area contributed by atoms with Gasteiger partial charge in [0.2, 0.25) is 0 Å². The van der Waals surface area contributed by atoms with Crippen molar-refractivity contribution in [2.75, 3.05) is 11.1 Å². The molecule has 0 amide bonds. The lowest BCUT2D eigenvalue weighted by atomic mass is 9.89. The highest BCUT2D eigenvalue weighted by Gasteiger charge is 2.24. The molecule has 2 aromatic rings. The van der Waals surface area contributed by atoms with E-state index in [9.17, 15) is 0 Å². The zero-order chi connectivity index (χ0) is 13.9. The third kappa shape index (κ3) is 2.50. The number of nitrogen functional groups attached to an aromatic ring is 1. The molecule has 1 heterocycles. The predicted octanol–water partition coefficient (Wildman–Crippen LogP) is 4.20. The highest BCUT2D eigenvalue weighted by molar-refractivity contribution is 6.00. The molecule has 3 nitrogen and oxygen atoms in total. The fourth-order valence-electron chi connectivity index (χ4n) is 2.62. The number of nitrogens with two attached hydrogens (primary N) is 1. The lowest BCUT2D eigenvalue weighted by Crippen LogP contribution is -2.36. The van der Waals surface area contributed by atoms with Gasteiger partial charge in [-0.2, -0.15) is 0 Å². The minimum absolute atomic E-state index is 0.159. The number of pyridine rings is 1. The Balaban J connectivity index is 2.49. The summed E-state index contributed by atoms with van der Waals surface area (Å²) in [6, 6.07) is 6.06. The zero-order valence-electron chi connectivity index (χ0n) is 12.0. The highest BCUT2D eigenvalue weighted by Crippen LogP contribution is 2.32. The molecule has 0 saturated heterocycles. The molecule has 3 N–H and O–H groups in total. The number of fused-ring (bicyclic) bond motifs is 1. The largest absolute Gasteiger partial charge is 0.398 e. The first-order valence-corrected chi connectivity index (χ1v) is 7.06. The molecule has 0 aliphatic heterocycles. The van der Waals surface area contributed by atoms with Crippen LogP contribution >= 0.6 is 0 Å². The molecular weight excluding hydrogens is 234 g/mol. The van der Waals surface area contributed by atoms with Crippen LogP contribution in [0.25, 0.3) is 10.8 Å². The summed E-state index contributed by atoms with van der Waals surface area (Å²) < 4.78 is 0. The Morgan fingerprint density at radius 2 is 1.74 bits per heavy atom. The number of rotatable bonds is 5. The summed E-state index contributed by atoms with van der Waals surface area (Å²) in [5.74, 6) is 0. The summed E-state index contributed by atoms with van der Waals surface area (Å²) >= 11 is 0. The Hall–Kier alpha value is -1.77. The Morgan fingerprint density at radius 3 is 2.37 bits per heavy atom. The number of aromatic nitrogens is 1. The van der Waals surface area contributed by atoms with Crippen LogP contribution in [0.4, 0.5) is 11.4 Å². The Morgan fingerprint density at radius 1 is 1.05 bits per heavy atom. The fourth-order valence-corrected chi connectivity index (χ4v) is 2.62. The summed E-state index contributed by atoms with van der Waals surface area (Å²) in [5.41, 5.74) is 8.11. The first kappa shape index (κ1) is 13.7. The monoisotopic (exact) mass is 257 g/mol. The van der Waals surface area contributed by atoms with Gasteiger partial charge in [-0.15, -0.1) is 0 Å². The molecule has 1 aromatic heterocycles. The third-order valence-corrected chi connectivity index (χ3v) is 4.28. The van der Waals surface area contributed by atoms with E-state index in [0.29, 0.717) is 0 Å². The Bertz CT molecular complexity index is 551. The number of anilines is 2. The van der Waals surface area contributed by atoms with Crippen LogP contribution in [0, 0.1) is 0 Å². The van der Waals surface area contributed by atoms with Crippen LogP contribution in [0.2, 0.25) is 0 Å². The van der Waals surface area contributed by atoms with E-state index < -0.39 is 0 Å². The third-order valence-electron chi connectivity index (χ3n) is 4.28. The van der Waals surface area contributed by atoms with Gasteiger partial charge in [-0.25, -0.2) is 0 Å². The number of hydrogen-bond donors (Lipinski definition) is 2. The van der Waals surface area contributed by atoms with Gasteiger partial charge in [-0.1, -0.05) is 20.8 Å². The maximum absolute atomic E-state index is 6.02. The van der Waals surface area contributed by atoms with Gasteiger partial charge in [0.25, 0.3) is 0 Å². The zero-order valence-corrected chi connectivity index (χ0v) is 12.0. The molecular formula is C16H23N3. The van der Waals surface area contributed by atoms with E-state index in [1.807, 2.05) is 24.5 Å². The van der Waals surface area contributed by atoms with Gasteiger partial charge in [-0.3, -0.25) is 4.98 Å². The molecule has 1 aromatic carbocycles. The number of nitrogens with zero attached hydrogens (tertiary/aromatic N) is 1. The summed E-state index contributed by atoms with van der Waals surface area (Å²) in [7, 11) is 0. The second-order valence-electron chi connectivity index (χ2n) is 5.09. The van der Waals surface area contributed by atoms with E-state index in [1.165, 1.54) is 0 Å². The van der Waals surface area contributed by atoms with Crippen molar-refractivity contribution in [1.82, 2.24) is 4.98 Å². The molecule has 2 rings (SSSR count). The highest BCUT2D eigenvalue weighted by atomic mass is 15.0. The molecule has 3 heteroatoms. The van der Waals surface area contributed by atoms with Crippen molar-refractivity contribution in [1.29, 1.82) is 0 Å². The second kappa shape index (κ2) is 5.47. The average Bonchev–Trinajstić information content (AvgIpc) is 2.48. The van der Waals surface area contributed by atoms with Crippen LogP contribution in [0.3, 0.4) is 0 Å². The smallest absolute Gasteiger partial charge is 0.0426 e. The summed E-state index contributed by atoms with van der Waals surface area (Å²) in [5, 5.41) is 5.89. The van der Waals surface area contributed by atoms with E-state index >= 15 is 0 Å². The van der Waals surface area contributed by atoms with Crippen molar-refractivity contribution in [3.8, 4) is 0 Å². The van der Waals surface area contributed by atoms with Crippen LogP contribution < -0.4 is 11.1 Å². The van der Waals surface area contributed by atoms with E-state index in [1.54, 1.807) is 0 Å². The van der Waals surface area contributed by atoms with Crippen molar-refractivity contribution < 1.29 is 0 Å². The van der Waals surface area contributed by atoms with E-state index in [4.69, 9.17) is 5.73 Å². The fraction of sp³-hybridized carbons (Fsp3) is 0.438. The number of benzene rings is 1. The van der Waals surface area contributed by atoms with Gasteiger partial charge >= 0.3 is 0 Å². The van der Waals surface area contributed by atoms with Crippen LogP contribution in [-0.2, 0) is 0 Å². The first-order chi connectivity index (χ1) is 9.15. The van der Waals surface area contributed by atoms with Gasteiger partial charge in [0.1, 0.15) is 0 Å². The molecule has 0 saturated carbocycles. The van der Waals surface area contributed by atoms with Gasteiger partial charge < -0.3 is 11.1 Å². The van der Waals surface area contributed by atoms with Gasteiger partial charge in [0, 0.05) is 40.1 Å². The minimum Gasteiger partial charge on any atom is -0.398 e. The van der Waals surface area contributed by atoms with Crippen LogP contribution in [-0.4, -0.2) is 10.5 Å². The summed E-state index contributed by atoms with van der Waals surface area (Å²) in [6.45, 7) is 6.71. The SMILES string of the molecule is CCC(CC)(CC)Nc1ccc(N)c2cnccc12. The maximum atomic E-state index is 6.02. The van der Waals surface area contributed by atoms with E-state index in [-0.39, 0.29) is 5.54 Å². The topological polar surface area (TPSA) is 50.9 Å². The van der Waals surface area contributed by atoms with Crippen LogP contribution in [0.15, 0.2) is 30.6 Å². The Kier molecular flexibility index (Phi) is 3.93. The van der Waals surface area contributed by atoms with Crippen LogP contribution in [0.5, 0.6) is 0 Å². The maximum Gasteiger partial charge on any atom is 0.0426 e. The quantitative estimate of drug-likeness (QED) is 0.789. The normalized spacial score (nSPS) is 11.7. The molecule has 19 heavy (non-hydrogen) atoms. The van der Waals surface area contributed by atoms with Crippen molar-refractivity contribution in [3.63, 3.8) is 0 Å². The molecule has 0 unspecified atom stereocenters. The van der Waals surface area contributed by atoms with E-state index in [0.717, 1.165) is 41.4 Å². The first-order valence-electron chi connectivity index (χ1n) is 7.06. The summed E-state index contributed by atoms with van der Waals surface area (Å²) in [4.78, 5) is 4.16. The lowest BCUT2D eigenvalue weighted by Gasteiger charge is -2.33. The summed E-state index contributed by atoms with van der Waals surface area (Å²) in [6.07, 6.45) is 6.98. The number of nitrogens with one attached hydrogen (secondary N) is 1. The molecule has 0 aliphatic carbocycles. The Labute approximate surface area is 115 Å². The molecule has 0 fully saturated rings.